The minimum atomic E-state index is -4.37. The number of ether oxygens (including phenoxy) is 2. The molecule has 0 amide bonds. The first-order valence-corrected chi connectivity index (χ1v) is 23.6. The number of phosphoric ester groups is 1. The van der Waals surface area contributed by atoms with Gasteiger partial charge in [-0.05, 0) is 57.8 Å². The molecule has 0 fully saturated rings. The molecule has 0 aliphatic heterocycles. The van der Waals surface area contributed by atoms with Gasteiger partial charge < -0.3 is 18.9 Å². The van der Waals surface area contributed by atoms with Gasteiger partial charge >= 0.3 is 19.8 Å². The summed E-state index contributed by atoms with van der Waals surface area (Å²) in [5, 5.41) is 0. The van der Waals surface area contributed by atoms with Crippen LogP contribution < -0.4 is 0 Å². The van der Waals surface area contributed by atoms with Crippen molar-refractivity contribution in [3.05, 3.63) is 24.3 Å². The minimum Gasteiger partial charge on any atom is -0.462 e. The first-order chi connectivity index (χ1) is 26.0. The Bertz CT molecular complexity index is 980. The van der Waals surface area contributed by atoms with Crippen LogP contribution in [0.2, 0.25) is 0 Å². The van der Waals surface area contributed by atoms with Gasteiger partial charge in [0.05, 0.1) is 27.7 Å². The van der Waals surface area contributed by atoms with Crippen LogP contribution >= 0.6 is 7.82 Å². The van der Waals surface area contributed by atoms with Gasteiger partial charge in [-0.15, -0.1) is 0 Å². The second-order valence-electron chi connectivity index (χ2n) is 16.1. The van der Waals surface area contributed by atoms with Crippen LogP contribution in [0.1, 0.15) is 194 Å². The SMILES string of the molecule is CCCC/C=C/CCCCCCCCCCCC(=O)O[C@H](COC(=O)CCCCC/C=C/CCCCCCCCCC)COP(=O)(O)OCC[N+](C)(C)C. The predicted molar refractivity (Wildman–Crippen MR) is 224 cm³/mol. The molecular weight excluding hydrogens is 701 g/mol. The highest BCUT2D eigenvalue weighted by Gasteiger charge is 2.27. The summed E-state index contributed by atoms with van der Waals surface area (Å²) in [5.41, 5.74) is 0. The molecule has 0 saturated heterocycles. The summed E-state index contributed by atoms with van der Waals surface area (Å²) in [7, 11) is 1.47. The monoisotopic (exact) mass is 787 g/mol. The van der Waals surface area contributed by atoms with Crippen molar-refractivity contribution in [3.8, 4) is 0 Å². The highest BCUT2D eigenvalue weighted by molar-refractivity contribution is 7.47. The maximum absolute atomic E-state index is 12.7. The van der Waals surface area contributed by atoms with Crippen LogP contribution in [0.3, 0.4) is 0 Å². The van der Waals surface area contributed by atoms with Gasteiger partial charge in [-0.25, -0.2) is 4.57 Å². The Morgan fingerprint density at radius 1 is 0.556 bits per heavy atom. The van der Waals surface area contributed by atoms with Crippen molar-refractivity contribution in [2.45, 2.75) is 200 Å². The number of carbonyl (C=O) groups is 2. The molecule has 2 atom stereocenters. The molecule has 0 rings (SSSR count). The van der Waals surface area contributed by atoms with Crippen molar-refractivity contribution in [2.75, 3.05) is 47.5 Å². The number of rotatable bonds is 40. The summed E-state index contributed by atoms with van der Waals surface area (Å²) in [4.78, 5) is 35.3. The van der Waals surface area contributed by atoms with Crippen LogP contribution in [0.25, 0.3) is 0 Å². The Hall–Kier alpha value is -1.51. The number of carbonyl (C=O) groups excluding carboxylic acids is 2. The highest BCUT2D eigenvalue weighted by atomic mass is 31.2. The smallest absolute Gasteiger partial charge is 0.462 e. The first-order valence-electron chi connectivity index (χ1n) is 22.1. The lowest BCUT2D eigenvalue weighted by molar-refractivity contribution is -0.870. The van der Waals surface area contributed by atoms with E-state index in [1.807, 2.05) is 21.1 Å². The number of phosphoric acid groups is 1. The average molecular weight is 787 g/mol. The molecule has 0 aromatic heterocycles. The predicted octanol–water partition coefficient (Wildman–Crippen LogP) is 12.4. The normalized spacial score (nSPS) is 13.8. The zero-order chi connectivity index (χ0) is 40.0. The van der Waals surface area contributed by atoms with E-state index in [4.69, 9.17) is 18.5 Å². The molecule has 0 heterocycles. The number of allylic oxidation sites excluding steroid dienone is 4. The molecule has 9 nitrogen and oxygen atoms in total. The van der Waals surface area contributed by atoms with E-state index in [-0.39, 0.29) is 32.0 Å². The van der Waals surface area contributed by atoms with Crippen LogP contribution in [0.4, 0.5) is 0 Å². The highest BCUT2D eigenvalue weighted by Crippen LogP contribution is 2.43. The Balaban J connectivity index is 4.37. The van der Waals surface area contributed by atoms with E-state index in [0.29, 0.717) is 23.9 Å². The number of nitrogens with zero attached hydrogens (tertiary/aromatic N) is 1. The molecule has 54 heavy (non-hydrogen) atoms. The average Bonchev–Trinajstić information content (AvgIpc) is 3.12. The quantitative estimate of drug-likeness (QED) is 0.0215. The van der Waals surface area contributed by atoms with E-state index in [2.05, 4.69) is 38.2 Å². The molecule has 0 aromatic carbocycles. The maximum atomic E-state index is 12.7. The van der Waals surface area contributed by atoms with Crippen LogP contribution in [-0.2, 0) is 32.7 Å². The zero-order valence-corrected chi connectivity index (χ0v) is 36.6. The summed E-state index contributed by atoms with van der Waals surface area (Å²) in [5.74, 6) is -0.815. The summed E-state index contributed by atoms with van der Waals surface area (Å²) >= 11 is 0. The van der Waals surface area contributed by atoms with E-state index >= 15 is 0 Å². The Kier molecular flexibility index (Phi) is 36.1. The van der Waals surface area contributed by atoms with Crippen LogP contribution in [0.15, 0.2) is 24.3 Å². The number of quaternary nitrogens is 1. The number of hydrogen-bond donors (Lipinski definition) is 1. The molecule has 0 radical (unpaired) electrons. The molecule has 0 aliphatic rings. The summed E-state index contributed by atoms with van der Waals surface area (Å²) < 4.78 is 34.3. The van der Waals surface area contributed by atoms with Gasteiger partial charge in [0.1, 0.15) is 19.8 Å². The fourth-order valence-electron chi connectivity index (χ4n) is 5.93. The van der Waals surface area contributed by atoms with E-state index in [1.165, 1.54) is 109 Å². The molecular formula is C44H85NO8P+. The lowest BCUT2D eigenvalue weighted by atomic mass is 10.1. The van der Waals surface area contributed by atoms with E-state index in [9.17, 15) is 19.0 Å². The fourth-order valence-corrected chi connectivity index (χ4v) is 6.67. The molecule has 0 spiro atoms. The molecule has 318 valence electrons. The van der Waals surface area contributed by atoms with Gasteiger partial charge in [-0.1, -0.05) is 147 Å². The summed E-state index contributed by atoms with van der Waals surface area (Å²) in [6.07, 6.45) is 39.3. The maximum Gasteiger partial charge on any atom is 0.472 e. The molecule has 1 N–H and O–H groups in total. The van der Waals surface area contributed by atoms with Gasteiger partial charge in [0.15, 0.2) is 6.10 Å². The molecule has 10 heteroatoms. The second-order valence-corrected chi connectivity index (χ2v) is 17.5. The molecule has 1 unspecified atom stereocenters. The van der Waals surface area contributed by atoms with Crippen molar-refractivity contribution in [1.82, 2.24) is 0 Å². The minimum absolute atomic E-state index is 0.0303. The lowest BCUT2D eigenvalue weighted by Gasteiger charge is -2.24. The van der Waals surface area contributed by atoms with Crippen molar-refractivity contribution in [2.24, 2.45) is 0 Å². The molecule has 0 bridgehead atoms. The Morgan fingerprint density at radius 3 is 1.44 bits per heavy atom. The summed E-state index contributed by atoms with van der Waals surface area (Å²) in [6.45, 7) is 4.38. The fraction of sp³-hybridized carbons (Fsp3) is 0.864. The standard InChI is InChI=1S/C44H84NO8P/c1-6-8-10-12-14-16-18-20-22-24-26-28-30-32-34-36-43(46)50-40-42(41-52-54(48,49)51-39-38-45(3,4)5)53-44(47)37-35-33-31-29-27-25-23-21-19-17-15-13-11-9-7-2/h13,15,24,26,42H,6-12,14,16-23,25,27-41H2,1-5H3/p+1/b15-13+,26-24+/t42-/m1/s1. The van der Waals surface area contributed by atoms with E-state index < -0.39 is 26.5 Å². The number of unbranched alkanes of at least 4 members (excludes halogenated alkanes) is 22. The van der Waals surface area contributed by atoms with Crippen molar-refractivity contribution in [3.63, 3.8) is 0 Å². The largest absolute Gasteiger partial charge is 0.472 e. The topological polar surface area (TPSA) is 108 Å². The third-order valence-corrected chi connectivity index (χ3v) is 10.4. The Labute approximate surface area is 332 Å². The molecule has 0 aliphatic carbocycles. The third-order valence-electron chi connectivity index (χ3n) is 9.45. The van der Waals surface area contributed by atoms with Crippen LogP contribution in [-0.4, -0.2) is 74.9 Å². The summed E-state index contributed by atoms with van der Waals surface area (Å²) in [6, 6.07) is 0. The third kappa shape index (κ3) is 40.2. The van der Waals surface area contributed by atoms with Gasteiger partial charge in [-0.2, -0.15) is 0 Å². The van der Waals surface area contributed by atoms with Gasteiger partial charge in [0.25, 0.3) is 0 Å². The van der Waals surface area contributed by atoms with Crippen LogP contribution in [0.5, 0.6) is 0 Å². The molecule has 0 aromatic rings. The molecule has 0 saturated carbocycles. The number of likely N-dealkylation sites (N-methyl/N-ethyl adjacent to an activating group) is 1. The number of hydrogen-bond acceptors (Lipinski definition) is 7. The first kappa shape index (κ1) is 52.5. The lowest BCUT2D eigenvalue weighted by Crippen LogP contribution is -2.37. The van der Waals surface area contributed by atoms with Crippen molar-refractivity contribution >= 4 is 19.8 Å². The number of esters is 2. The zero-order valence-electron chi connectivity index (χ0n) is 35.7. The van der Waals surface area contributed by atoms with Crippen molar-refractivity contribution < 1.29 is 42.1 Å². The van der Waals surface area contributed by atoms with Gasteiger partial charge in [-0.3, -0.25) is 18.6 Å². The van der Waals surface area contributed by atoms with E-state index in [0.717, 1.165) is 44.9 Å². The Morgan fingerprint density at radius 2 is 0.963 bits per heavy atom. The van der Waals surface area contributed by atoms with Gasteiger partial charge in [0, 0.05) is 12.8 Å². The van der Waals surface area contributed by atoms with Crippen molar-refractivity contribution in [1.29, 1.82) is 0 Å². The van der Waals surface area contributed by atoms with Crippen LogP contribution in [0, 0.1) is 0 Å². The van der Waals surface area contributed by atoms with E-state index in [1.54, 1.807) is 0 Å². The van der Waals surface area contributed by atoms with Gasteiger partial charge in [0.2, 0.25) is 0 Å². The second kappa shape index (κ2) is 37.1.